The lowest BCUT2D eigenvalue weighted by Gasteiger charge is -2.06. The molecule has 0 amide bonds. The molecule has 0 N–H and O–H groups in total. The van der Waals surface area contributed by atoms with Crippen molar-refractivity contribution in [2.75, 3.05) is 0 Å². The van der Waals surface area contributed by atoms with Crippen LogP contribution in [0.5, 0.6) is 5.06 Å². The molecule has 0 aromatic carbocycles. The molecule has 1 unspecified atom stereocenters. The maximum atomic E-state index is 12.2. The van der Waals surface area contributed by atoms with Crippen LogP contribution in [0.4, 0.5) is 13.2 Å². The van der Waals surface area contributed by atoms with Crippen LogP contribution < -0.4 is 4.74 Å². The predicted molar refractivity (Wildman–Crippen MR) is 43.5 cm³/mol. The molecule has 1 aromatic rings. The van der Waals surface area contributed by atoms with Crippen LogP contribution in [0.2, 0.25) is 0 Å². The topological polar surface area (TPSA) is 9.23 Å². The van der Waals surface area contributed by atoms with Gasteiger partial charge in [0.1, 0.15) is 0 Å². The summed E-state index contributed by atoms with van der Waals surface area (Å²) in [6, 6.07) is 3.02. The SMILES string of the molecule is FC(F)C(F)Oc1ccc(Br)s1. The molecular formula is C6H4BrF3OS. The first-order valence-corrected chi connectivity index (χ1v) is 4.55. The van der Waals surface area contributed by atoms with E-state index in [9.17, 15) is 13.2 Å². The Labute approximate surface area is 79.3 Å². The van der Waals surface area contributed by atoms with Crippen molar-refractivity contribution in [3.8, 4) is 5.06 Å². The molecule has 0 bridgehead atoms. The van der Waals surface area contributed by atoms with E-state index in [1.54, 1.807) is 6.07 Å². The lowest BCUT2D eigenvalue weighted by atomic mass is 10.6. The molecule has 1 atom stereocenters. The Morgan fingerprint density at radius 1 is 1.33 bits per heavy atom. The summed E-state index contributed by atoms with van der Waals surface area (Å²) in [4.78, 5) is 0. The second-order valence-electron chi connectivity index (χ2n) is 1.86. The average molecular weight is 261 g/mol. The van der Waals surface area contributed by atoms with Crippen LogP contribution in [0, 0.1) is 0 Å². The molecule has 12 heavy (non-hydrogen) atoms. The normalized spacial score (nSPS) is 13.4. The Morgan fingerprint density at radius 3 is 2.42 bits per heavy atom. The minimum Gasteiger partial charge on any atom is -0.445 e. The van der Waals surface area contributed by atoms with Crippen LogP contribution in [0.15, 0.2) is 15.9 Å². The minimum atomic E-state index is -3.11. The van der Waals surface area contributed by atoms with E-state index in [1.165, 1.54) is 6.07 Å². The zero-order chi connectivity index (χ0) is 9.14. The molecule has 0 aliphatic rings. The summed E-state index contributed by atoms with van der Waals surface area (Å²) in [6.07, 6.45) is -5.65. The monoisotopic (exact) mass is 260 g/mol. The van der Waals surface area contributed by atoms with Crippen molar-refractivity contribution in [2.45, 2.75) is 12.8 Å². The van der Waals surface area contributed by atoms with E-state index < -0.39 is 12.8 Å². The molecular weight excluding hydrogens is 257 g/mol. The first-order valence-electron chi connectivity index (χ1n) is 2.94. The van der Waals surface area contributed by atoms with Crippen molar-refractivity contribution in [3.63, 3.8) is 0 Å². The van der Waals surface area contributed by atoms with E-state index in [2.05, 4.69) is 20.7 Å². The number of hydrogen-bond acceptors (Lipinski definition) is 2. The molecule has 0 spiro atoms. The van der Waals surface area contributed by atoms with Gasteiger partial charge in [0.25, 0.3) is 6.36 Å². The summed E-state index contributed by atoms with van der Waals surface area (Å²) in [5, 5.41) is 0.134. The van der Waals surface area contributed by atoms with Crippen molar-refractivity contribution >= 4 is 27.3 Å². The highest BCUT2D eigenvalue weighted by Gasteiger charge is 2.21. The van der Waals surface area contributed by atoms with E-state index >= 15 is 0 Å². The van der Waals surface area contributed by atoms with Crippen molar-refractivity contribution in [1.29, 1.82) is 0 Å². The fourth-order valence-corrected chi connectivity index (χ4v) is 1.74. The molecule has 0 radical (unpaired) electrons. The third-order valence-corrected chi connectivity index (χ3v) is 2.49. The zero-order valence-corrected chi connectivity index (χ0v) is 8.04. The second-order valence-corrected chi connectivity index (χ2v) is 4.29. The largest absolute Gasteiger partial charge is 0.445 e. The predicted octanol–water partition coefficient (Wildman–Crippen LogP) is 3.45. The van der Waals surface area contributed by atoms with E-state index in [-0.39, 0.29) is 5.06 Å². The lowest BCUT2D eigenvalue weighted by molar-refractivity contribution is -0.0650. The number of rotatable bonds is 3. The molecule has 1 nitrogen and oxygen atoms in total. The third kappa shape index (κ3) is 2.67. The minimum absolute atomic E-state index is 0.134. The Morgan fingerprint density at radius 2 is 2.00 bits per heavy atom. The first-order chi connectivity index (χ1) is 5.59. The standard InChI is InChI=1S/C6H4BrF3OS/c7-3-1-2-4(12-3)11-6(10)5(8)9/h1-2,5-6H. The molecule has 1 aromatic heterocycles. The van der Waals surface area contributed by atoms with Gasteiger partial charge in [0.15, 0.2) is 5.06 Å². The number of hydrogen-bond donors (Lipinski definition) is 0. The maximum absolute atomic E-state index is 12.2. The maximum Gasteiger partial charge on any atom is 0.304 e. The fraction of sp³-hybridized carbons (Fsp3) is 0.333. The highest BCUT2D eigenvalue weighted by atomic mass is 79.9. The second kappa shape index (κ2) is 4.13. The molecule has 0 saturated heterocycles. The number of thiophene rings is 1. The Kier molecular flexibility index (Phi) is 3.39. The van der Waals surface area contributed by atoms with Crippen LogP contribution in [0.1, 0.15) is 0 Å². The quantitative estimate of drug-likeness (QED) is 0.809. The van der Waals surface area contributed by atoms with E-state index in [0.717, 1.165) is 11.3 Å². The molecule has 1 heterocycles. The zero-order valence-electron chi connectivity index (χ0n) is 5.64. The van der Waals surface area contributed by atoms with Crippen molar-refractivity contribution < 1.29 is 17.9 Å². The van der Waals surface area contributed by atoms with Gasteiger partial charge in [-0.3, -0.25) is 0 Å². The van der Waals surface area contributed by atoms with E-state index in [1.807, 2.05) is 0 Å². The molecule has 68 valence electrons. The summed E-state index contributed by atoms with van der Waals surface area (Å²) >= 11 is 4.14. The third-order valence-electron chi connectivity index (χ3n) is 0.975. The van der Waals surface area contributed by atoms with Crippen LogP contribution in [0.3, 0.4) is 0 Å². The van der Waals surface area contributed by atoms with Crippen LogP contribution in [0.25, 0.3) is 0 Å². The Balaban J connectivity index is 2.52. The van der Waals surface area contributed by atoms with Gasteiger partial charge in [0, 0.05) is 0 Å². The summed E-state index contributed by atoms with van der Waals surface area (Å²) in [6.45, 7) is 0. The van der Waals surface area contributed by atoms with Crippen LogP contribution >= 0.6 is 27.3 Å². The number of ether oxygens (including phenoxy) is 1. The number of alkyl halides is 3. The van der Waals surface area contributed by atoms with Gasteiger partial charge in [0.2, 0.25) is 0 Å². The highest BCUT2D eigenvalue weighted by Crippen LogP contribution is 2.30. The summed E-state index contributed by atoms with van der Waals surface area (Å²) in [5.74, 6) is 0. The fourth-order valence-electron chi connectivity index (χ4n) is 0.523. The number of halogens is 4. The molecule has 0 fully saturated rings. The van der Waals surface area contributed by atoms with Crippen molar-refractivity contribution in [2.24, 2.45) is 0 Å². The van der Waals surface area contributed by atoms with Crippen LogP contribution in [-0.2, 0) is 0 Å². The van der Waals surface area contributed by atoms with E-state index in [0.29, 0.717) is 3.79 Å². The van der Waals surface area contributed by atoms with Crippen LogP contribution in [-0.4, -0.2) is 12.8 Å². The van der Waals surface area contributed by atoms with Gasteiger partial charge in [-0.05, 0) is 28.1 Å². The van der Waals surface area contributed by atoms with Crippen molar-refractivity contribution in [1.82, 2.24) is 0 Å². The van der Waals surface area contributed by atoms with Gasteiger partial charge < -0.3 is 4.74 Å². The molecule has 6 heteroatoms. The van der Waals surface area contributed by atoms with Gasteiger partial charge in [-0.1, -0.05) is 11.3 Å². The lowest BCUT2D eigenvalue weighted by Crippen LogP contribution is -2.18. The molecule has 0 aliphatic carbocycles. The summed E-state index contributed by atoms with van der Waals surface area (Å²) in [7, 11) is 0. The van der Waals surface area contributed by atoms with Gasteiger partial charge in [-0.25, -0.2) is 8.78 Å². The average Bonchev–Trinajstić information content (AvgIpc) is 2.35. The summed E-state index contributed by atoms with van der Waals surface area (Å²) in [5.41, 5.74) is 0. The van der Waals surface area contributed by atoms with Gasteiger partial charge in [-0.2, -0.15) is 4.39 Å². The Hall–Kier alpha value is -0.230. The van der Waals surface area contributed by atoms with E-state index in [4.69, 9.17) is 0 Å². The molecule has 0 aliphatic heterocycles. The van der Waals surface area contributed by atoms with Gasteiger partial charge >= 0.3 is 6.43 Å². The smallest absolute Gasteiger partial charge is 0.304 e. The first kappa shape index (κ1) is 9.85. The Bertz CT molecular complexity index is 253. The molecule has 1 rings (SSSR count). The molecule has 0 saturated carbocycles. The summed E-state index contributed by atoms with van der Waals surface area (Å²) < 4.78 is 40.4. The highest BCUT2D eigenvalue weighted by molar-refractivity contribution is 9.11. The van der Waals surface area contributed by atoms with Gasteiger partial charge in [0.05, 0.1) is 3.79 Å². The van der Waals surface area contributed by atoms with Crippen molar-refractivity contribution in [3.05, 3.63) is 15.9 Å². The van der Waals surface area contributed by atoms with Gasteiger partial charge in [-0.15, -0.1) is 0 Å².